The van der Waals surface area contributed by atoms with Gasteiger partial charge in [-0.1, -0.05) is 0 Å². The summed E-state index contributed by atoms with van der Waals surface area (Å²) in [7, 11) is 1.67. The van der Waals surface area contributed by atoms with Gasteiger partial charge in [0.05, 0.1) is 6.10 Å². The fourth-order valence-corrected chi connectivity index (χ4v) is 1.11. The van der Waals surface area contributed by atoms with Gasteiger partial charge in [-0.2, -0.15) is 0 Å². The summed E-state index contributed by atoms with van der Waals surface area (Å²) in [6.07, 6.45) is 2.24. The second-order valence-electron chi connectivity index (χ2n) is 2.84. The van der Waals surface area contributed by atoms with Crippen LogP contribution < -0.4 is 5.73 Å². The fourth-order valence-electron chi connectivity index (χ4n) is 1.11. The third-order valence-electron chi connectivity index (χ3n) is 1.92. The molecule has 0 saturated carbocycles. The lowest BCUT2D eigenvalue weighted by Gasteiger charge is -2.22. The second kappa shape index (κ2) is 5.11. The minimum Gasteiger partial charge on any atom is -0.386 e. The van der Waals surface area contributed by atoms with E-state index in [1.807, 2.05) is 0 Å². The van der Waals surface area contributed by atoms with Crippen LogP contribution >= 0.6 is 0 Å². The predicted octanol–water partition coefficient (Wildman–Crippen LogP) is 0.169. The predicted molar refractivity (Wildman–Crippen MR) is 47.3 cm³/mol. The van der Waals surface area contributed by atoms with Crippen LogP contribution in [0.2, 0.25) is 0 Å². The highest BCUT2D eigenvalue weighted by Gasteiger charge is 2.13. The van der Waals surface area contributed by atoms with E-state index in [1.165, 1.54) is 0 Å². The maximum Gasteiger partial charge on any atom is 0.120 e. The lowest BCUT2D eigenvalue weighted by molar-refractivity contribution is -0.0191. The summed E-state index contributed by atoms with van der Waals surface area (Å²) in [6, 6.07) is 0. The van der Waals surface area contributed by atoms with E-state index in [4.69, 9.17) is 15.2 Å². The van der Waals surface area contributed by atoms with Gasteiger partial charge in [0.1, 0.15) is 12.4 Å². The SMILES string of the molecule is CN=C(N)COC1CCOCC1. The molecular formula is C8H16N2O2. The topological polar surface area (TPSA) is 56.8 Å². The molecule has 0 atom stereocenters. The van der Waals surface area contributed by atoms with Gasteiger partial charge in [0.25, 0.3) is 0 Å². The third-order valence-corrected chi connectivity index (χ3v) is 1.92. The molecule has 1 saturated heterocycles. The van der Waals surface area contributed by atoms with E-state index in [2.05, 4.69) is 4.99 Å². The van der Waals surface area contributed by atoms with Crippen LogP contribution in [0.3, 0.4) is 0 Å². The van der Waals surface area contributed by atoms with Crippen molar-refractivity contribution in [1.82, 2.24) is 0 Å². The van der Waals surface area contributed by atoms with Gasteiger partial charge in [0.2, 0.25) is 0 Å². The Bertz CT molecular complexity index is 153. The second-order valence-corrected chi connectivity index (χ2v) is 2.84. The molecule has 0 aromatic heterocycles. The monoisotopic (exact) mass is 172 g/mol. The average Bonchev–Trinajstić information content (AvgIpc) is 2.16. The van der Waals surface area contributed by atoms with Crippen LogP contribution in [-0.4, -0.2) is 38.8 Å². The number of aliphatic imine (C=N–C) groups is 1. The first-order valence-corrected chi connectivity index (χ1v) is 4.23. The Kier molecular flexibility index (Phi) is 4.04. The number of nitrogens with two attached hydrogens (primary N) is 1. The van der Waals surface area contributed by atoms with Crippen molar-refractivity contribution in [2.75, 3.05) is 26.9 Å². The molecule has 1 rings (SSSR count). The molecule has 4 heteroatoms. The first kappa shape index (κ1) is 9.48. The zero-order valence-electron chi connectivity index (χ0n) is 7.45. The summed E-state index contributed by atoms with van der Waals surface area (Å²) < 4.78 is 10.7. The Hall–Kier alpha value is -0.610. The number of hydrogen-bond acceptors (Lipinski definition) is 3. The number of hydrogen-bond donors (Lipinski definition) is 1. The van der Waals surface area contributed by atoms with Crippen LogP contribution in [0.1, 0.15) is 12.8 Å². The smallest absolute Gasteiger partial charge is 0.120 e. The molecule has 0 amide bonds. The Morgan fingerprint density at radius 3 is 2.83 bits per heavy atom. The Morgan fingerprint density at radius 2 is 2.25 bits per heavy atom. The largest absolute Gasteiger partial charge is 0.386 e. The van der Waals surface area contributed by atoms with Crippen LogP contribution in [-0.2, 0) is 9.47 Å². The highest BCUT2D eigenvalue weighted by Crippen LogP contribution is 2.09. The van der Waals surface area contributed by atoms with Crippen LogP contribution in [0.25, 0.3) is 0 Å². The minimum absolute atomic E-state index is 0.305. The molecule has 0 aromatic carbocycles. The van der Waals surface area contributed by atoms with Gasteiger partial charge in [0.15, 0.2) is 0 Å². The molecule has 1 fully saturated rings. The van der Waals surface area contributed by atoms with Crippen molar-refractivity contribution in [2.24, 2.45) is 10.7 Å². The summed E-state index contributed by atoms with van der Waals surface area (Å²) in [5, 5.41) is 0. The van der Waals surface area contributed by atoms with Gasteiger partial charge in [-0.05, 0) is 12.8 Å². The summed E-state index contributed by atoms with van der Waals surface area (Å²) in [5.41, 5.74) is 5.48. The Morgan fingerprint density at radius 1 is 1.58 bits per heavy atom. The maximum atomic E-state index is 5.50. The van der Waals surface area contributed by atoms with Gasteiger partial charge in [0, 0.05) is 20.3 Å². The molecule has 12 heavy (non-hydrogen) atoms. The van der Waals surface area contributed by atoms with Crippen LogP contribution in [0.15, 0.2) is 4.99 Å². The molecule has 0 unspecified atom stereocenters. The molecule has 70 valence electrons. The van der Waals surface area contributed by atoms with Gasteiger partial charge >= 0.3 is 0 Å². The van der Waals surface area contributed by atoms with E-state index in [9.17, 15) is 0 Å². The minimum atomic E-state index is 0.305. The van der Waals surface area contributed by atoms with E-state index in [1.54, 1.807) is 7.05 Å². The molecule has 0 radical (unpaired) electrons. The highest BCUT2D eigenvalue weighted by atomic mass is 16.5. The van der Waals surface area contributed by atoms with Crippen LogP contribution in [0.4, 0.5) is 0 Å². The Balaban J connectivity index is 2.13. The first-order valence-electron chi connectivity index (χ1n) is 4.23. The molecule has 1 aliphatic rings. The lowest BCUT2D eigenvalue weighted by atomic mass is 10.2. The van der Waals surface area contributed by atoms with Crippen molar-refractivity contribution in [3.8, 4) is 0 Å². The molecule has 1 aliphatic heterocycles. The van der Waals surface area contributed by atoms with E-state index in [0.29, 0.717) is 18.5 Å². The molecular weight excluding hydrogens is 156 g/mol. The average molecular weight is 172 g/mol. The zero-order chi connectivity index (χ0) is 8.81. The standard InChI is InChI=1S/C8H16N2O2/c1-10-8(9)6-12-7-2-4-11-5-3-7/h7H,2-6H2,1H3,(H2,9,10). The van der Waals surface area contributed by atoms with Crippen molar-refractivity contribution in [3.05, 3.63) is 0 Å². The van der Waals surface area contributed by atoms with Crippen molar-refractivity contribution >= 4 is 5.84 Å². The summed E-state index contributed by atoms with van der Waals surface area (Å²) in [6.45, 7) is 2.04. The van der Waals surface area contributed by atoms with Gasteiger partial charge in [-0.15, -0.1) is 0 Å². The Labute approximate surface area is 72.8 Å². The van der Waals surface area contributed by atoms with Crippen molar-refractivity contribution in [2.45, 2.75) is 18.9 Å². The van der Waals surface area contributed by atoms with E-state index < -0.39 is 0 Å². The van der Waals surface area contributed by atoms with Gasteiger partial charge in [-0.3, -0.25) is 4.99 Å². The molecule has 4 nitrogen and oxygen atoms in total. The molecule has 1 heterocycles. The zero-order valence-corrected chi connectivity index (χ0v) is 7.45. The number of amidine groups is 1. The normalized spacial score (nSPS) is 21.2. The first-order chi connectivity index (χ1) is 5.83. The molecule has 2 N–H and O–H groups in total. The van der Waals surface area contributed by atoms with Gasteiger partial charge in [-0.25, -0.2) is 0 Å². The maximum absolute atomic E-state index is 5.50. The lowest BCUT2D eigenvalue weighted by Crippen LogP contribution is -2.28. The van der Waals surface area contributed by atoms with Crippen LogP contribution in [0, 0.1) is 0 Å². The van der Waals surface area contributed by atoms with E-state index >= 15 is 0 Å². The van der Waals surface area contributed by atoms with Crippen molar-refractivity contribution in [1.29, 1.82) is 0 Å². The molecule has 0 spiro atoms. The molecule has 0 aromatic rings. The fraction of sp³-hybridized carbons (Fsp3) is 0.875. The summed E-state index contributed by atoms with van der Waals surface area (Å²) in [5.74, 6) is 0.557. The highest BCUT2D eigenvalue weighted by molar-refractivity contribution is 5.81. The van der Waals surface area contributed by atoms with Crippen LogP contribution in [0.5, 0.6) is 0 Å². The van der Waals surface area contributed by atoms with Crippen molar-refractivity contribution in [3.63, 3.8) is 0 Å². The summed E-state index contributed by atoms with van der Waals surface area (Å²) in [4.78, 5) is 3.81. The van der Waals surface area contributed by atoms with Gasteiger partial charge < -0.3 is 15.2 Å². The number of rotatable bonds is 3. The van der Waals surface area contributed by atoms with Crippen molar-refractivity contribution < 1.29 is 9.47 Å². The molecule has 0 bridgehead atoms. The quantitative estimate of drug-likeness (QED) is 0.487. The van der Waals surface area contributed by atoms with E-state index in [0.717, 1.165) is 26.1 Å². The number of ether oxygens (including phenoxy) is 2. The summed E-state index contributed by atoms with van der Waals surface area (Å²) >= 11 is 0. The molecule has 0 aliphatic carbocycles. The third kappa shape index (κ3) is 3.19. The number of nitrogens with zero attached hydrogens (tertiary/aromatic N) is 1. The van der Waals surface area contributed by atoms with E-state index in [-0.39, 0.29) is 0 Å².